The zero-order chi connectivity index (χ0) is 13.7. The molecule has 98 valence electrons. The van der Waals surface area contributed by atoms with Crippen molar-refractivity contribution in [3.05, 3.63) is 42.1 Å². The monoisotopic (exact) mass is 259 g/mol. The van der Waals surface area contributed by atoms with E-state index in [1.54, 1.807) is 12.3 Å². The van der Waals surface area contributed by atoms with E-state index in [0.29, 0.717) is 23.8 Å². The fourth-order valence-electron chi connectivity index (χ4n) is 1.51. The lowest BCUT2D eigenvalue weighted by Crippen LogP contribution is -2.06. The van der Waals surface area contributed by atoms with Crippen LogP contribution >= 0.6 is 0 Å². The Morgan fingerprint density at radius 2 is 2.11 bits per heavy atom. The van der Waals surface area contributed by atoms with Crippen molar-refractivity contribution >= 4 is 5.78 Å². The summed E-state index contributed by atoms with van der Waals surface area (Å²) in [6, 6.07) is 3.11. The van der Waals surface area contributed by atoms with Crippen LogP contribution in [-0.4, -0.2) is 34.5 Å². The molecule has 6 nitrogen and oxygen atoms in total. The summed E-state index contributed by atoms with van der Waals surface area (Å²) < 4.78 is 10.3. The first-order chi connectivity index (χ1) is 9.24. The maximum absolute atomic E-state index is 12.2. The van der Waals surface area contributed by atoms with Gasteiger partial charge in [-0.1, -0.05) is 0 Å². The molecule has 0 saturated heterocycles. The van der Waals surface area contributed by atoms with Crippen LogP contribution in [-0.2, 0) is 0 Å². The number of ketones is 1. The summed E-state index contributed by atoms with van der Waals surface area (Å²) in [6.45, 7) is 2.38. The number of hydrogen-bond acceptors (Lipinski definition) is 6. The van der Waals surface area contributed by atoms with Crippen LogP contribution in [0, 0.1) is 0 Å². The topological polar surface area (TPSA) is 74.2 Å². The normalized spacial score (nSPS) is 10.0. The molecule has 0 N–H and O–H groups in total. The summed E-state index contributed by atoms with van der Waals surface area (Å²) in [5.41, 5.74) is 0.661. The minimum Gasteiger partial charge on any atom is -0.492 e. The summed E-state index contributed by atoms with van der Waals surface area (Å²) in [4.78, 5) is 24.0. The molecule has 0 radical (unpaired) electrons. The molecule has 0 aromatic carbocycles. The average molecular weight is 259 g/mol. The molecule has 0 aliphatic carbocycles. The van der Waals surface area contributed by atoms with Gasteiger partial charge in [-0.15, -0.1) is 0 Å². The van der Waals surface area contributed by atoms with Crippen molar-refractivity contribution in [2.75, 3.05) is 13.7 Å². The maximum Gasteiger partial charge on any atom is 0.216 e. The van der Waals surface area contributed by atoms with Crippen molar-refractivity contribution in [2.24, 2.45) is 0 Å². The number of hydrogen-bond donors (Lipinski definition) is 0. The van der Waals surface area contributed by atoms with Crippen LogP contribution in [0.15, 0.2) is 30.9 Å². The van der Waals surface area contributed by atoms with Crippen LogP contribution in [0.5, 0.6) is 11.6 Å². The fraction of sp³-hybridized carbons (Fsp3) is 0.231. The molecule has 0 atom stereocenters. The maximum atomic E-state index is 12.2. The molecule has 2 heterocycles. The first-order valence-electron chi connectivity index (χ1n) is 5.73. The Kier molecular flexibility index (Phi) is 4.02. The third-order valence-corrected chi connectivity index (χ3v) is 2.37. The second-order valence-corrected chi connectivity index (χ2v) is 3.62. The SMILES string of the molecule is CCOc1cncc(C(=O)c2cc(OC)ncn2)c1. The quantitative estimate of drug-likeness (QED) is 0.758. The predicted octanol–water partition coefficient (Wildman–Crippen LogP) is 1.51. The number of nitrogens with zero attached hydrogens (tertiary/aromatic N) is 3. The van der Waals surface area contributed by atoms with E-state index in [1.165, 1.54) is 25.7 Å². The van der Waals surface area contributed by atoms with Gasteiger partial charge in [-0.3, -0.25) is 9.78 Å². The van der Waals surface area contributed by atoms with Crippen molar-refractivity contribution in [1.29, 1.82) is 0 Å². The van der Waals surface area contributed by atoms with E-state index in [2.05, 4.69) is 15.0 Å². The number of carbonyl (C=O) groups is 1. The Morgan fingerprint density at radius 1 is 1.26 bits per heavy atom. The number of pyridine rings is 1. The second-order valence-electron chi connectivity index (χ2n) is 3.62. The Bertz CT molecular complexity index is 587. The van der Waals surface area contributed by atoms with Gasteiger partial charge in [-0.05, 0) is 13.0 Å². The van der Waals surface area contributed by atoms with Crippen LogP contribution in [0.3, 0.4) is 0 Å². The van der Waals surface area contributed by atoms with Gasteiger partial charge in [0, 0.05) is 17.8 Å². The first kappa shape index (κ1) is 12.9. The number of aromatic nitrogens is 3. The molecule has 19 heavy (non-hydrogen) atoms. The molecule has 0 bridgehead atoms. The molecule has 2 aromatic heterocycles. The highest BCUT2D eigenvalue weighted by atomic mass is 16.5. The van der Waals surface area contributed by atoms with Crippen LogP contribution < -0.4 is 9.47 Å². The fourth-order valence-corrected chi connectivity index (χ4v) is 1.51. The summed E-state index contributed by atoms with van der Waals surface area (Å²) in [5.74, 6) is 0.636. The molecule has 0 amide bonds. The molecule has 0 aliphatic rings. The van der Waals surface area contributed by atoms with Gasteiger partial charge in [0.1, 0.15) is 17.8 Å². The smallest absolute Gasteiger partial charge is 0.216 e. The lowest BCUT2D eigenvalue weighted by atomic mass is 10.1. The van der Waals surface area contributed by atoms with Gasteiger partial charge in [0.15, 0.2) is 0 Å². The molecule has 6 heteroatoms. The first-order valence-corrected chi connectivity index (χ1v) is 5.73. The molecule has 2 rings (SSSR count). The minimum absolute atomic E-state index is 0.252. The molecule has 0 fully saturated rings. The Morgan fingerprint density at radius 3 is 2.84 bits per heavy atom. The van der Waals surface area contributed by atoms with Gasteiger partial charge in [-0.2, -0.15) is 0 Å². The minimum atomic E-state index is -0.255. The summed E-state index contributed by atoms with van der Waals surface area (Å²) >= 11 is 0. The van der Waals surface area contributed by atoms with Crippen molar-refractivity contribution in [3.8, 4) is 11.6 Å². The molecule has 0 aliphatic heterocycles. The number of carbonyl (C=O) groups excluding carboxylic acids is 1. The molecular weight excluding hydrogens is 246 g/mol. The van der Waals surface area contributed by atoms with Gasteiger partial charge < -0.3 is 9.47 Å². The molecule has 2 aromatic rings. The van der Waals surface area contributed by atoms with Gasteiger partial charge >= 0.3 is 0 Å². The van der Waals surface area contributed by atoms with Crippen LogP contribution in [0.4, 0.5) is 0 Å². The standard InChI is InChI=1S/C13H13N3O3/c1-3-19-10-4-9(6-14-7-10)13(17)11-5-12(18-2)16-8-15-11/h4-8H,3H2,1-2H3. The molecule has 0 spiro atoms. The zero-order valence-electron chi connectivity index (χ0n) is 10.7. The Balaban J connectivity index is 2.30. The van der Waals surface area contributed by atoms with Crippen LogP contribution in [0.2, 0.25) is 0 Å². The van der Waals surface area contributed by atoms with Crippen molar-refractivity contribution < 1.29 is 14.3 Å². The van der Waals surface area contributed by atoms with E-state index < -0.39 is 0 Å². The lowest BCUT2D eigenvalue weighted by Gasteiger charge is -2.05. The van der Waals surface area contributed by atoms with Gasteiger partial charge in [-0.25, -0.2) is 9.97 Å². The second kappa shape index (κ2) is 5.90. The predicted molar refractivity (Wildman–Crippen MR) is 67.4 cm³/mol. The molecule has 0 saturated carbocycles. The zero-order valence-corrected chi connectivity index (χ0v) is 10.7. The Hall–Kier alpha value is -2.50. The van der Waals surface area contributed by atoms with E-state index in [0.717, 1.165) is 0 Å². The van der Waals surface area contributed by atoms with E-state index in [4.69, 9.17) is 9.47 Å². The van der Waals surface area contributed by atoms with Gasteiger partial charge in [0.05, 0.1) is 19.9 Å². The Labute approximate surface area is 110 Å². The third kappa shape index (κ3) is 3.04. The van der Waals surface area contributed by atoms with Gasteiger partial charge in [0.25, 0.3) is 0 Å². The summed E-state index contributed by atoms with van der Waals surface area (Å²) in [6.07, 6.45) is 4.31. The third-order valence-electron chi connectivity index (χ3n) is 2.37. The largest absolute Gasteiger partial charge is 0.492 e. The van der Waals surface area contributed by atoms with E-state index in [1.807, 2.05) is 6.92 Å². The highest BCUT2D eigenvalue weighted by Gasteiger charge is 2.13. The average Bonchev–Trinajstić information content (AvgIpc) is 2.47. The van der Waals surface area contributed by atoms with E-state index in [-0.39, 0.29) is 11.5 Å². The number of ether oxygens (including phenoxy) is 2. The number of methoxy groups -OCH3 is 1. The summed E-state index contributed by atoms with van der Waals surface area (Å²) in [7, 11) is 1.48. The number of rotatable bonds is 5. The molecule has 0 unspecified atom stereocenters. The summed E-state index contributed by atoms with van der Waals surface area (Å²) in [5, 5.41) is 0. The van der Waals surface area contributed by atoms with E-state index >= 15 is 0 Å². The highest BCUT2D eigenvalue weighted by Crippen LogP contribution is 2.15. The molecular formula is C13H13N3O3. The van der Waals surface area contributed by atoms with Gasteiger partial charge in [0.2, 0.25) is 11.7 Å². The lowest BCUT2D eigenvalue weighted by molar-refractivity contribution is 0.103. The highest BCUT2D eigenvalue weighted by molar-refractivity contribution is 6.07. The van der Waals surface area contributed by atoms with Crippen molar-refractivity contribution in [1.82, 2.24) is 15.0 Å². The van der Waals surface area contributed by atoms with Crippen molar-refractivity contribution in [2.45, 2.75) is 6.92 Å². The van der Waals surface area contributed by atoms with Crippen LogP contribution in [0.25, 0.3) is 0 Å². The van der Waals surface area contributed by atoms with Crippen LogP contribution in [0.1, 0.15) is 23.0 Å². The van der Waals surface area contributed by atoms with E-state index in [9.17, 15) is 4.79 Å². The van der Waals surface area contributed by atoms with Crippen molar-refractivity contribution in [3.63, 3.8) is 0 Å².